The van der Waals surface area contributed by atoms with Crippen LogP contribution in [-0.4, -0.2) is 29.6 Å². The van der Waals surface area contributed by atoms with Gasteiger partial charge in [-0.1, -0.05) is 32.4 Å². The number of carboxylic acid groups (broad SMARTS) is 1. The first-order valence-corrected chi connectivity index (χ1v) is 6.96. The van der Waals surface area contributed by atoms with E-state index in [2.05, 4.69) is 11.9 Å². The molecule has 1 rings (SSSR count). The van der Waals surface area contributed by atoms with Crippen LogP contribution < -0.4 is 10.1 Å². The van der Waals surface area contributed by atoms with Crippen molar-refractivity contribution >= 4 is 11.9 Å². The van der Waals surface area contributed by atoms with Crippen LogP contribution in [0.2, 0.25) is 0 Å². The van der Waals surface area contributed by atoms with Gasteiger partial charge in [-0.05, 0) is 30.7 Å². The zero-order chi connectivity index (χ0) is 15.7. The van der Waals surface area contributed by atoms with Crippen LogP contribution in [0, 0.1) is 0 Å². The van der Waals surface area contributed by atoms with Gasteiger partial charge in [-0.2, -0.15) is 0 Å². The van der Waals surface area contributed by atoms with E-state index in [1.165, 1.54) is 0 Å². The fourth-order valence-corrected chi connectivity index (χ4v) is 1.76. The quantitative estimate of drug-likeness (QED) is 0.686. The molecule has 2 N–H and O–H groups in total. The lowest BCUT2D eigenvalue weighted by atomic mass is 10.1. The van der Waals surface area contributed by atoms with Crippen molar-refractivity contribution in [2.24, 2.45) is 0 Å². The minimum absolute atomic E-state index is 0.393. The number of rotatable bonds is 9. The number of carboxylic acids is 1. The minimum atomic E-state index is -1.01. The summed E-state index contributed by atoms with van der Waals surface area (Å²) in [5, 5.41) is 11.6. The van der Waals surface area contributed by atoms with Crippen LogP contribution in [0.5, 0.6) is 5.75 Å². The molecule has 1 atom stereocenters. The predicted molar refractivity (Wildman–Crippen MR) is 80.5 cm³/mol. The first-order chi connectivity index (χ1) is 10.1. The maximum atomic E-state index is 12.0. The second-order valence-corrected chi connectivity index (χ2v) is 4.63. The van der Waals surface area contributed by atoms with Gasteiger partial charge in [0, 0.05) is 5.56 Å². The molecule has 0 saturated carbocycles. The Morgan fingerprint density at radius 3 is 2.57 bits per heavy atom. The number of amides is 1. The van der Waals surface area contributed by atoms with E-state index < -0.39 is 17.9 Å². The van der Waals surface area contributed by atoms with Gasteiger partial charge in [0.25, 0.3) is 5.91 Å². The number of benzene rings is 1. The highest BCUT2D eigenvalue weighted by Gasteiger charge is 2.19. The van der Waals surface area contributed by atoms with Crippen LogP contribution in [-0.2, 0) is 4.79 Å². The molecule has 114 valence electrons. The second kappa shape index (κ2) is 8.79. The molecule has 0 heterocycles. The van der Waals surface area contributed by atoms with Crippen LogP contribution in [0.3, 0.4) is 0 Å². The molecule has 0 radical (unpaired) electrons. The summed E-state index contributed by atoms with van der Waals surface area (Å²) in [4.78, 5) is 23.1. The van der Waals surface area contributed by atoms with Crippen molar-refractivity contribution in [3.63, 3.8) is 0 Å². The summed E-state index contributed by atoms with van der Waals surface area (Å²) >= 11 is 0. The van der Waals surface area contributed by atoms with Gasteiger partial charge in [-0.3, -0.25) is 4.79 Å². The fraction of sp³-hybridized carbons (Fsp3) is 0.375. The van der Waals surface area contributed by atoms with Crippen LogP contribution in [0.1, 0.15) is 36.5 Å². The van der Waals surface area contributed by atoms with Gasteiger partial charge in [0.2, 0.25) is 0 Å². The van der Waals surface area contributed by atoms with Crippen molar-refractivity contribution < 1.29 is 19.4 Å². The summed E-state index contributed by atoms with van der Waals surface area (Å²) in [6.45, 7) is 5.92. The number of carbonyl (C=O) groups excluding carboxylic acids is 1. The number of nitrogens with one attached hydrogen (secondary N) is 1. The predicted octanol–water partition coefficient (Wildman–Crippen LogP) is 2.62. The van der Waals surface area contributed by atoms with Crippen molar-refractivity contribution in [3.05, 3.63) is 42.5 Å². The molecule has 0 aliphatic heterocycles. The fourth-order valence-electron chi connectivity index (χ4n) is 1.76. The molecular weight excluding hydrogens is 270 g/mol. The Bertz CT molecular complexity index is 482. The maximum Gasteiger partial charge on any atom is 0.326 e. The lowest BCUT2D eigenvalue weighted by Crippen LogP contribution is -2.40. The second-order valence-electron chi connectivity index (χ2n) is 4.63. The maximum absolute atomic E-state index is 12.0. The average Bonchev–Trinajstić information content (AvgIpc) is 2.49. The van der Waals surface area contributed by atoms with Crippen LogP contribution in [0.25, 0.3) is 0 Å². The molecule has 0 saturated heterocycles. The van der Waals surface area contributed by atoms with Gasteiger partial charge in [0.05, 0.1) is 0 Å². The van der Waals surface area contributed by atoms with E-state index in [-0.39, 0.29) is 0 Å². The molecule has 5 nitrogen and oxygen atoms in total. The van der Waals surface area contributed by atoms with E-state index in [4.69, 9.17) is 9.84 Å². The Labute approximate surface area is 124 Å². The molecule has 0 aliphatic carbocycles. The highest BCUT2D eigenvalue weighted by molar-refractivity contribution is 5.96. The Balaban J connectivity index is 2.64. The van der Waals surface area contributed by atoms with Gasteiger partial charge in [-0.15, -0.1) is 0 Å². The van der Waals surface area contributed by atoms with E-state index in [0.29, 0.717) is 24.3 Å². The topological polar surface area (TPSA) is 75.6 Å². The van der Waals surface area contributed by atoms with Crippen LogP contribution in [0.15, 0.2) is 36.9 Å². The summed E-state index contributed by atoms with van der Waals surface area (Å²) < 4.78 is 5.32. The molecule has 0 fully saturated rings. The van der Waals surface area contributed by atoms with Gasteiger partial charge in [-0.25, -0.2) is 4.79 Å². The summed E-state index contributed by atoms with van der Waals surface area (Å²) in [7, 11) is 0. The number of ether oxygens (including phenoxy) is 1. The standard InChI is InChI=1S/C16H21NO4/c1-3-5-6-14(16(19)20)17-15(18)12-7-9-13(10-8-12)21-11-4-2/h4,7-10,14H,2-3,5-6,11H2,1H3,(H,17,18)(H,19,20). The average molecular weight is 291 g/mol. The van der Waals surface area contributed by atoms with Crippen molar-refractivity contribution in [1.29, 1.82) is 0 Å². The van der Waals surface area contributed by atoms with Gasteiger partial charge < -0.3 is 15.2 Å². The Morgan fingerprint density at radius 1 is 1.38 bits per heavy atom. The van der Waals surface area contributed by atoms with Crippen LogP contribution in [0.4, 0.5) is 0 Å². The molecule has 1 amide bonds. The van der Waals surface area contributed by atoms with E-state index in [1.807, 2.05) is 6.92 Å². The number of carbonyl (C=O) groups is 2. The highest BCUT2D eigenvalue weighted by atomic mass is 16.5. The molecule has 1 unspecified atom stereocenters. The Kier molecular flexibility index (Phi) is 7.01. The van der Waals surface area contributed by atoms with Gasteiger partial charge >= 0.3 is 5.97 Å². The third kappa shape index (κ3) is 5.69. The van der Waals surface area contributed by atoms with Gasteiger partial charge in [0.15, 0.2) is 0 Å². The molecule has 0 aliphatic rings. The first kappa shape index (κ1) is 16.8. The summed E-state index contributed by atoms with van der Waals surface area (Å²) in [6, 6.07) is 5.69. The number of aliphatic carboxylic acids is 1. The smallest absolute Gasteiger partial charge is 0.326 e. The zero-order valence-corrected chi connectivity index (χ0v) is 12.2. The Morgan fingerprint density at radius 2 is 2.05 bits per heavy atom. The zero-order valence-electron chi connectivity index (χ0n) is 12.2. The lowest BCUT2D eigenvalue weighted by Gasteiger charge is -2.14. The molecule has 0 bridgehead atoms. The van der Waals surface area contributed by atoms with E-state index in [9.17, 15) is 9.59 Å². The summed E-state index contributed by atoms with van der Waals surface area (Å²) in [5.74, 6) is -0.774. The van der Waals surface area contributed by atoms with E-state index in [1.54, 1.807) is 30.3 Å². The monoisotopic (exact) mass is 291 g/mol. The van der Waals surface area contributed by atoms with Crippen molar-refractivity contribution in [2.45, 2.75) is 32.2 Å². The van der Waals surface area contributed by atoms with Crippen molar-refractivity contribution in [3.8, 4) is 5.75 Å². The van der Waals surface area contributed by atoms with Crippen LogP contribution >= 0.6 is 0 Å². The third-order valence-electron chi connectivity index (χ3n) is 2.93. The third-order valence-corrected chi connectivity index (χ3v) is 2.93. The van der Waals surface area contributed by atoms with Gasteiger partial charge in [0.1, 0.15) is 18.4 Å². The van der Waals surface area contributed by atoms with E-state index >= 15 is 0 Å². The van der Waals surface area contributed by atoms with E-state index in [0.717, 1.165) is 12.8 Å². The molecule has 5 heteroatoms. The van der Waals surface area contributed by atoms with Crippen molar-refractivity contribution in [1.82, 2.24) is 5.32 Å². The molecule has 1 aromatic rings. The Hall–Kier alpha value is -2.30. The molecular formula is C16H21NO4. The highest BCUT2D eigenvalue weighted by Crippen LogP contribution is 2.12. The number of hydrogen-bond donors (Lipinski definition) is 2. The number of unbranched alkanes of at least 4 members (excludes halogenated alkanes) is 1. The molecule has 0 aromatic heterocycles. The summed E-state index contributed by atoms with van der Waals surface area (Å²) in [6.07, 6.45) is 3.70. The lowest BCUT2D eigenvalue weighted by molar-refractivity contribution is -0.139. The van der Waals surface area contributed by atoms with Crippen molar-refractivity contribution in [2.75, 3.05) is 6.61 Å². The first-order valence-electron chi connectivity index (χ1n) is 6.96. The normalized spacial score (nSPS) is 11.5. The molecule has 0 spiro atoms. The molecule has 1 aromatic carbocycles. The largest absolute Gasteiger partial charge is 0.490 e. The number of hydrogen-bond acceptors (Lipinski definition) is 3. The summed E-state index contributed by atoms with van der Waals surface area (Å²) in [5.41, 5.74) is 0.406. The SMILES string of the molecule is C=CCOc1ccc(C(=O)NC(CCCC)C(=O)O)cc1. The minimum Gasteiger partial charge on any atom is -0.490 e. The molecule has 21 heavy (non-hydrogen) atoms.